The van der Waals surface area contributed by atoms with Crippen LogP contribution >= 0.6 is 0 Å². The Morgan fingerprint density at radius 3 is 3.12 bits per heavy atom. The summed E-state index contributed by atoms with van der Waals surface area (Å²) in [6, 6.07) is 0.620. The number of hydrogen-bond donors (Lipinski definition) is 1. The topological polar surface area (TPSA) is 29.9 Å². The molecule has 1 aromatic rings. The van der Waals surface area contributed by atoms with E-state index >= 15 is 0 Å². The highest BCUT2D eigenvalue weighted by Gasteiger charge is 2.34. The molecule has 1 saturated heterocycles. The van der Waals surface area contributed by atoms with E-state index in [1.807, 2.05) is 6.33 Å². The molecular weight excluding hydrogens is 210 g/mol. The van der Waals surface area contributed by atoms with Gasteiger partial charge in [0.2, 0.25) is 0 Å². The van der Waals surface area contributed by atoms with Crippen LogP contribution in [0.15, 0.2) is 24.7 Å². The second kappa shape index (κ2) is 4.30. The van der Waals surface area contributed by atoms with E-state index in [-0.39, 0.29) is 5.41 Å². The largest absolute Gasteiger partial charge is 0.331 e. The van der Waals surface area contributed by atoms with Crippen LogP contribution in [0.5, 0.6) is 0 Å². The van der Waals surface area contributed by atoms with Gasteiger partial charge >= 0.3 is 0 Å². The van der Waals surface area contributed by atoms with Crippen molar-refractivity contribution in [1.29, 1.82) is 0 Å². The Balaban J connectivity index is 1.90. The lowest BCUT2D eigenvalue weighted by atomic mass is 9.85. The first kappa shape index (κ1) is 11.0. The van der Waals surface area contributed by atoms with Crippen LogP contribution in [0.2, 0.25) is 0 Å². The van der Waals surface area contributed by atoms with Crippen LogP contribution in [0.3, 0.4) is 0 Å². The molecule has 3 heteroatoms. The normalized spacial score (nSPS) is 33.1. The molecule has 2 unspecified atom stereocenters. The van der Waals surface area contributed by atoms with Gasteiger partial charge < -0.3 is 9.88 Å². The first-order valence-corrected chi connectivity index (χ1v) is 6.68. The van der Waals surface area contributed by atoms with Crippen molar-refractivity contribution in [3.8, 4) is 0 Å². The van der Waals surface area contributed by atoms with Crippen molar-refractivity contribution in [2.24, 2.45) is 0 Å². The molecule has 3 rings (SSSR count). The summed E-state index contributed by atoms with van der Waals surface area (Å²) in [6.07, 6.45) is 13.6. The van der Waals surface area contributed by atoms with Gasteiger partial charge in [-0.05, 0) is 32.2 Å². The Morgan fingerprint density at radius 2 is 2.41 bits per heavy atom. The Bertz CT molecular complexity index is 413. The quantitative estimate of drug-likeness (QED) is 0.792. The lowest BCUT2D eigenvalue weighted by Gasteiger charge is -2.29. The highest BCUT2D eigenvalue weighted by Crippen LogP contribution is 2.34. The molecule has 3 nitrogen and oxygen atoms in total. The molecule has 92 valence electrons. The number of rotatable bonds is 2. The first-order chi connectivity index (χ1) is 8.30. The van der Waals surface area contributed by atoms with Crippen molar-refractivity contribution in [2.45, 2.75) is 44.1 Å². The second-order valence-electron chi connectivity index (χ2n) is 5.61. The maximum atomic E-state index is 4.40. The molecule has 1 aromatic heterocycles. The van der Waals surface area contributed by atoms with Gasteiger partial charge in [-0.1, -0.05) is 19.1 Å². The molecule has 1 N–H and O–H groups in total. The van der Waals surface area contributed by atoms with E-state index in [0.29, 0.717) is 6.04 Å². The lowest BCUT2D eigenvalue weighted by Crippen LogP contribution is -2.29. The number of hydrogen-bond acceptors (Lipinski definition) is 2. The molecule has 0 bridgehead atoms. The summed E-state index contributed by atoms with van der Waals surface area (Å²) < 4.78 is 2.43. The van der Waals surface area contributed by atoms with Gasteiger partial charge in [-0.25, -0.2) is 4.98 Å². The Hall–Kier alpha value is -1.09. The van der Waals surface area contributed by atoms with Crippen molar-refractivity contribution in [1.82, 2.24) is 14.9 Å². The summed E-state index contributed by atoms with van der Waals surface area (Å²) in [5, 5.41) is 3.48. The Morgan fingerprint density at radius 1 is 1.47 bits per heavy atom. The third-order valence-electron chi connectivity index (χ3n) is 4.29. The molecule has 1 aliphatic heterocycles. The predicted molar refractivity (Wildman–Crippen MR) is 69.1 cm³/mol. The SMILES string of the molecule is CC1(c2cncn2C2CC=CCC2)CCNC1. The molecule has 0 spiro atoms. The van der Waals surface area contributed by atoms with Gasteiger partial charge in [0.05, 0.1) is 6.33 Å². The van der Waals surface area contributed by atoms with Gasteiger partial charge in [-0.2, -0.15) is 0 Å². The monoisotopic (exact) mass is 231 g/mol. The smallest absolute Gasteiger partial charge is 0.0951 e. The summed E-state index contributed by atoms with van der Waals surface area (Å²) in [6.45, 7) is 4.58. The van der Waals surface area contributed by atoms with Gasteiger partial charge in [0, 0.05) is 29.9 Å². The van der Waals surface area contributed by atoms with E-state index in [9.17, 15) is 0 Å². The molecule has 0 saturated carbocycles. The molecule has 1 aliphatic carbocycles. The lowest BCUT2D eigenvalue weighted by molar-refractivity contribution is 0.400. The molecule has 2 heterocycles. The summed E-state index contributed by atoms with van der Waals surface area (Å²) in [7, 11) is 0. The minimum Gasteiger partial charge on any atom is -0.331 e. The first-order valence-electron chi connectivity index (χ1n) is 6.68. The summed E-state index contributed by atoms with van der Waals surface area (Å²) in [5.74, 6) is 0. The zero-order valence-electron chi connectivity index (χ0n) is 10.5. The van der Waals surface area contributed by atoms with E-state index in [1.165, 1.54) is 25.0 Å². The van der Waals surface area contributed by atoms with Crippen LogP contribution < -0.4 is 5.32 Å². The number of allylic oxidation sites excluding steroid dienone is 2. The van der Waals surface area contributed by atoms with Crippen molar-refractivity contribution in [2.75, 3.05) is 13.1 Å². The molecule has 2 aliphatic rings. The van der Waals surface area contributed by atoms with Gasteiger partial charge in [-0.3, -0.25) is 0 Å². The molecule has 17 heavy (non-hydrogen) atoms. The van der Waals surface area contributed by atoms with Crippen LogP contribution in [0.1, 0.15) is 44.3 Å². The molecule has 0 radical (unpaired) electrons. The predicted octanol–water partition coefficient (Wildman–Crippen LogP) is 2.42. The van der Waals surface area contributed by atoms with Crippen LogP contribution in [-0.2, 0) is 5.41 Å². The van der Waals surface area contributed by atoms with E-state index in [2.05, 4.69) is 40.1 Å². The summed E-state index contributed by atoms with van der Waals surface area (Å²) in [5.41, 5.74) is 1.69. The van der Waals surface area contributed by atoms with Gasteiger partial charge in [0.25, 0.3) is 0 Å². The summed E-state index contributed by atoms with van der Waals surface area (Å²) in [4.78, 5) is 4.40. The molecule has 0 aromatic carbocycles. The minimum atomic E-state index is 0.275. The molecular formula is C14H21N3. The van der Waals surface area contributed by atoms with E-state index in [4.69, 9.17) is 0 Å². The summed E-state index contributed by atoms with van der Waals surface area (Å²) >= 11 is 0. The van der Waals surface area contributed by atoms with Crippen LogP contribution in [0.4, 0.5) is 0 Å². The fourth-order valence-corrected chi connectivity index (χ4v) is 3.13. The zero-order chi connectivity index (χ0) is 11.7. The van der Waals surface area contributed by atoms with E-state index in [1.54, 1.807) is 0 Å². The molecule has 0 amide bonds. The highest BCUT2D eigenvalue weighted by atomic mass is 15.1. The van der Waals surface area contributed by atoms with Crippen LogP contribution in [0, 0.1) is 0 Å². The standard InChI is InChI=1S/C14H21N3/c1-14(7-8-15-10-14)13-9-16-11-17(13)12-5-3-2-4-6-12/h2-3,9,11-12,15H,4-8,10H2,1H3. The fraction of sp³-hybridized carbons (Fsp3) is 0.643. The number of nitrogens with one attached hydrogen (secondary N) is 1. The number of imidazole rings is 1. The van der Waals surface area contributed by atoms with Gasteiger partial charge in [-0.15, -0.1) is 0 Å². The van der Waals surface area contributed by atoms with Crippen LogP contribution in [-0.4, -0.2) is 22.6 Å². The molecule has 2 atom stereocenters. The number of aromatic nitrogens is 2. The maximum absolute atomic E-state index is 4.40. The van der Waals surface area contributed by atoms with Crippen molar-refractivity contribution in [3.05, 3.63) is 30.4 Å². The Labute approximate surface area is 103 Å². The Kier molecular flexibility index (Phi) is 2.79. The third kappa shape index (κ3) is 1.93. The van der Waals surface area contributed by atoms with Gasteiger partial charge in [0.15, 0.2) is 0 Å². The third-order valence-corrected chi connectivity index (χ3v) is 4.29. The highest BCUT2D eigenvalue weighted by molar-refractivity contribution is 5.18. The second-order valence-corrected chi connectivity index (χ2v) is 5.61. The van der Waals surface area contributed by atoms with Crippen molar-refractivity contribution >= 4 is 0 Å². The average molecular weight is 231 g/mol. The van der Waals surface area contributed by atoms with Crippen molar-refractivity contribution in [3.63, 3.8) is 0 Å². The van der Waals surface area contributed by atoms with E-state index in [0.717, 1.165) is 19.5 Å². The van der Waals surface area contributed by atoms with Crippen LogP contribution in [0.25, 0.3) is 0 Å². The number of nitrogens with zero attached hydrogens (tertiary/aromatic N) is 2. The fourth-order valence-electron chi connectivity index (χ4n) is 3.13. The zero-order valence-corrected chi connectivity index (χ0v) is 10.5. The van der Waals surface area contributed by atoms with E-state index < -0.39 is 0 Å². The molecule has 1 fully saturated rings. The average Bonchev–Trinajstić information content (AvgIpc) is 2.99. The maximum Gasteiger partial charge on any atom is 0.0951 e. The van der Waals surface area contributed by atoms with Crippen molar-refractivity contribution < 1.29 is 0 Å². The van der Waals surface area contributed by atoms with Gasteiger partial charge in [0.1, 0.15) is 0 Å². The minimum absolute atomic E-state index is 0.275.